The van der Waals surface area contributed by atoms with Crippen LogP contribution in [-0.2, 0) is 10.0 Å². The monoisotopic (exact) mass is 287 g/mol. The number of nitrogens with one attached hydrogen (secondary N) is 1. The third-order valence-electron chi connectivity index (χ3n) is 4.77. The van der Waals surface area contributed by atoms with Crippen molar-refractivity contribution in [3.63, 3.8) is 0 Å². The van der Waals surface area contributed by atoms with E-state index in [4.69, 9.17) is 0 Å². The highest BCUT2D eigenvalue weighted by Gasteiger charge is 2.35. The van der Waals surface area contributed by atoms with E-state index < -0.39 is 10.0 Å². The summed E-state index contributed by atoms with van der Waals surface area (Å²) < 4.78 is 26.7. The summed E-state index contributed by atoms with van der Waals surface area (Å²) in [5.41, 5.74) is 0. The first-order valence-corrected chi connectivity index (χ1v) is 9.21. The molecule has 6 heteroatoms. The Bertz CT molecular complexity index is 406. The van der Waals surface area contributed by atoms with Crippen molar-refractivity contribution in [1.82, 2.24) is 14.5 Å². The van der Waals surface area contributed by atoms with Crippen LogP contribution in [0.25, 0.3) is 0 Å². The molecule has 3 aliphatic heterocycles. The first-order chi connectivity index (χ1) is 9.15. The van der Waals surface area contributed by atoms with Gasteiger partial charge < -0.3 is 5.32 Å². The van der Waals surface area contributed by atoms with Crippen molar-refractivity contribution in [2.45, 2.75) is 44.2 Å². The number of rotatable bonds is 3. The molecule has 5 nitrogen and oxygen atoms in total. The molecule has 3 aliphatic rings. The molecule has 3 fully saturated rings. The maximum absolute atomic E-state index is 12.5. The van der Waals surface area contributed by atoms with Gasteiger partial charge in [0.15, 0.2) is 0 Å². The predicted molar refractivity (Wildman–Crippen MR) is 75.6 cm³/mol. The Balaban J connectivity index is 1.61. The van der Waals surface area contributed by atoms with Gasteiger partial charge in [-0.15, -0.1) is 0 Å². The number of piperidine rings is 1. The van der Waals surface area contributed by atoms with E-state index in [1.54, 1.807) is 4.31 Å². The van der Waals surface area contributed by atoms with E-state index in [0.29, 0.717) is 18.3 Å². The standard InChI is InChI=1S/C13H25N3O2S/c17-19(18,11-12-4-3-6-14-12)16-9-8-15-7-2-1-5-13(15)10-16/h12-14H,1-11H2. The van der Waals surface area contributed by atoms with Crippen LogP contribution >= 0.6 is 0 Å². The average Bonchev–Trinajstić information content (AvgIpc) is 2.90. The van der Waals surface area contributed by atoms with Gasteiger partial charge in [-0.05, 0) is 38.8 Å². The molecule has 19 heavy (non-hydrogen) atoms. The lowest BCUT2D eigenvalue weighted by Crippen LogP contribution is -2.57. The Labute approximate surface area is 116 Å². The largest absolute Gasteiger partial charge is 0.313 e. The van der Waals surface area contributed by atoms with Crippen LogP contribution in [0, 0.1) is 0 Å². The lowest BCUT2D eigenvalue weighted by Gasteiger charge is -2.43. The molecular formula is C13H25N3O2S. The third-order valence-corrected chi connectivity index (χ3v) is 6.71. The number of hydrogen-bond donors (Lipinski definition) is 1. The highest BCUT2D eigenvalue weighted by Crippen LogP contribution is 2.23. The summed E-state index contributed by atoms with van der Waals surface area (Å²) in [4.78, 5) is 2.48. The SMILES string of the molecule is O=S(=O)(CC1CCCN1)N1CCN2CCCCC2C1. The van der Waals surface area contributed by atoms with Gasteiger partial charge >= 0.3 is 0 Å². The van der Waals surface area contributed by atoms with E-state index in [0.717, 1.165) is 45.4 Å². The van der Waals surface area contributed by atoms with Crippen LogP contribution < -0.4 is 5.32 Å². The molecule has 0 amide bonds. The second-order valence-corrected chi connectivity index (χ2v) is 8.13. The van der Waals surface area contributed by atoms with E-state index >= 15 is 0 Å². The van der Waals surface area contributed by atoms with Crippen molar-refractivity contribution in [3.8, 4) is 0 Å². The molecule has 0 bridgehead atoms. The zero-order chi connectivity index (χ0) is 13.3. The molecule has 0 spiro atoms. The Morgan fingerprint density at radius 1 is 1.05 bits per heavy atom. The number of nitrogens with zero attached hydrogens (tertiary/aromatic N) is 2. The topological polar surface area (TPSA) is 52.7 Å². The van der Waals surface area contributed by atoms with E-state index in [1.807, 2.05) is 0 Å². The molecule has 0 radical (unpaired) electrons. The minimum Gasteiger partial charge on any atom is -0.313 e. The van der Waals surface area contributed by atoms with Crippen molar-refractivity contribution in [2.24, 2.45) is 0 Å². The fraction of sp³-hybridized carbons (Fsp3) is 1.00. The van der Waals surface area contributed by atoms with Crippen LogP contribution in [0.1, 0.15) is 32.1 Å². The molecule has 2 unspecified atom stereocenters. The zero-order valence-corrected chi connectivity index (χ0v) is 12.4. The minimum atomic E-state index is -3.07. The van der Waals surface area contributed by atoms with Crippen LogP contribution in [0.3, 0.4) is 0 Å². The zero-order valence-electron chi connectivity index (χ0n) is 11.6. The van der Waals surface area contributed by atoms with Crippen molar-refractivity contribution in [3.05, 3.63) is 0 Å². The van der Waals surface area contributed by atoms with E-state index in [-0.39, 0.29) is 6.04 Å². The van der Waals surface area contributed by atoms with Gasteiger partial charge in [0, 0.05) is 31.7 Å². The fourth-order valence-corrected chi connectivity index (χ4v) is 5.40. The molecule has 3 saturated heterocycles. The van der Waals surface area contributed by atoms with Crippen LogP contribution in [-0.4, -0.2) is 68.2 Å². The first-order valence-electron chi connectivity index (χ1n) is 7.60. The van der Waals surface area contributed by atoms with Gasteiger partial charge in [0.1, 0.15) is 0 Å². The van der Waals surface area contributed by atoms with Gasteiger partial charge in [-0.25, -0.2) is 8.42 Å². The van der Waals surface area contributed by atoms with Gasteiger partial charge in [-0.3, -0.25) is 4.90 Å². The normalized spacial score (nSPS) is 34.3. The minimum absolute atomic E-state index is 0.175. The van der Waals surface area contributed by atoms with Gasteiger partial charge in [-0.1, -0.05) is 6.42 Å². The maximum atomic E-state index is 12.5. The summed E-state index contributed by atoms with van der Waals surface area (Å²) in [5.74, 6) is 0.291. The van der Waals surface area contributed by atoms with Crippen molar-refractivity contribution < 1.29 is 8.42 Å². The Hall–Kier alpha value is -0.170. The summed E-state index contributed by atoms with van der Waals surface area (Å²) in [6.07, 6.45) is 5.79. The fourth-order valence-electron chi connectivity index (χ4n) is 3.64. The van der Waals surface area contributed by atoms with Gasteiger partial charge in [-0.2, -0.15) is 4.31 Å². The summed E-state index contributed by atoms with van der Waals surface area (Å²) in [6, 6.07) is 0.642. The van der Waals surface area contributed by atoms with Crippen LogP contribution in [0.15, 0.2) is 0 Å². The highest BCUT2D eigenvalue weighted by atomic mass is 32.2. The van der Waals surface area contributed by atoms with Gasteiger partial charge in [0.2, 0.25) is 10.0 Å². The molecular weight excluding hydrogens is 262 g/mol. The molecule has 0 aromatic rings. The van der Waals surface area contributed by atoms with Crippen molar-refractivity contribution in [2.75, 3.05) is 38.5 Å². The lowest BCUT2D eigenvalue weighted by molar-refractivity contribution is 0.0851. The second-order valence-electron chi connectivity index (χ2n) is 6.12. The summed E-state index contributed by atoms with van der Waals surface area (Å²) in [6.45, 7) is 4.45. The van der Waals surface area contributed by atoms with Crippen LogP contribution in [0.4, 0.5) is 0 Å². The molecule has 3 heterocycles. The third kappa shape index (κ3) is 3.12. The van der Waals surface area contributed by atoms with Crippen molar-refractivity contribution in [1.29, 1.82) is 0 Å². The smallest absolute Gasteiger partial charge is 0.215 e. The average molecular weight is 287 g/mol. The quantitative estimate of drug-likeness (QED) is 0.808. The highest BCUT2D eigenvalue weighted by molar-refractivity contribution is 7.89. The number of hydrogen-bond acceptors (Lipinski definition) is 4. The molecule has 1 N–H and O–H groups in total. The summed E-state index contributed by atoms with van der Waals surface area (Å²) in [5, 5.41) is 3.29. The van der Waals surface area contributed by atoms with E-state index in [9.17, 15) is 8.42 Å². The number of piperazine rings is 1. The molecule has 3 rings (SSSR count). The Morgan fingerprint density at radius 3 is 2.74 bits per heavy atom. The Kier molecular flexibility index (Phi) is 4.12. The summed E-state index contributed by atoms with van der Waals surface area (Å²) >= 11 is 0. The van der Waals surface area contributed by atoms with Crippen molar-refractivity contribution >= 4 is 10.0 Å². The molecule has 0 aliphatic carbocycles. The lowest BCUT2D eigenvalue weighted by atomic mass is 10.0. The number of sulfonamides is 1. The van der Waals surface area contributed by atoms with Gasteiger partial charge in [0.05, 0.1) is 5.75 Å². The second kappa shape index (κ2) is 5.68. The molecule has 0 saturated carbocycles. The molecule has 0 aromatic carbocycles. The van der Waals surface area contributed by atoms with Gasteiger partial charge in [0.25, 0.3) is 0 Å². The summed E-state index contributed by atoms with van der Waals surface area (Å²) in [7, 11) is -3.07. The van der Waals surface area contributed by atoms with E-state index in [1.165, 1.54) is 12.8 Å². The molecule has 0 aromatic heterocycles. The Morgan fingerprint density at radius 2 is 1.95 bits per heavy atom. The maximum Gasteiger partial charge on any atom is 0.215 e. The van der Waals surface area contributed by atoms with Crippen LogP contribution in [0.2, 0.25) is 0 Å². The number of fused-ring (bicyclic) bond motifs is 1. The first kappa shape index (κ1) is 13.8. The van der Waals surface area contributed by atoms with Crippen LogP contribution in [0.5, 0.6) is 0 Å². The predicted octanol–water partition coefficient (Wildman–Crippen LogP) is 0.238. The molecule has 2 atom stereocenters. The molecule has 110 valence electrons. The van der Waals surface area contributed by atoms with E-state index in [2.05, 4.69) is 10.2 Å².